The predicted molar refractivity (Wildman–Crippen MR) is 59.4 cm³/mol. The molecule has 0 atom stereocenters. The summed E-state index contributed by atoms with van der Waals surface area (Å²) in [5.74, 6) is 1.06. The molecule has 1 aromatic carbocycles. The third-order valence-electron chi connectivity index (χ3n) is 2.72. The zero-order valence-electron chi connectivity index (χ0n) is 9.19. The van der Waals surface area contributed by atoms with Crippen LogP contribution >= 0.6 is 0 Å². The quantitative estimate of drug-likeness (QED) is 0.830. The Labute approximate surface area is 94.6 Å². The smallest absolute Gasteiger partial charge is 0.178 e. The number of benzene rings is 1. The summed E-state index contributed by atoms with van der Waals surface area (Å²) >= 11 is 0. The molecule has 4 nitrogen and oxygen atoms in total. The van der Waals surface area contributed by atoms with E-state index in [1.165, 1.54) is 0 Å². The van der Waals surface area contributed by atoms with Crippen molar-refractivity contribution >= 4 is 0 Å². The van der Waals surface area contributed by atoms with Gasteiger partial charge in [0.25, 0.3) is 0 Å². The van der Waals surface area contributed by atoms with Gasteiger partial charge in [-0.15, -0.1) is 0 Å². The van der Waals surface area contributed by atoms with Gasteiger partial charge < -0.3 is 15.2 Å². The van der Waals surface area contributed by atoms with Crippen molar-refractivity contribution in [1.29, 1.82) is 5.26 Å². The van der Waals surface area contributed by atoms with Crippen LogP contribution in [0.4, 0.5) is 0 Å². The third kappa shape index (κ3) is 2.10. The van der Waals surface area contributed by atoms with Crippen LogP contribution in [-0.4, -0.2) is 19.3 Å². The SMILES string of the molecule is COc1cccc(C#N)c1OCC1(N)CC1. The molecule has 1 aliphatic carbocycles. The molecule has 0 radical (unpaired) electrons. The minimum atomic E-state index is -0.201. The third-order valence-corrected chi connectivity index (χ3v) is 2.72. The Morgan fingerprint density at radius 3 is 2.81 bits per heavy atom. The van der Waals surface area contributed by atoms with Crippen LogP contribution in [0.1, 0.15) is 18.4 Å². The number of hydrogen-bond acceptors (Lipinski definition) is 4. The highest BCUT2D eigenvalue weighted by Gasteiger charge is 2.39. The number of para-hydroxylation sites is 1. The lowest BCUT2D eigenvalue weighted by molar-refractivity contribution is 0.263. The first-order valence-electron chi connectivity index (χ1n) is 5.17. The van der Waals surface area contributed by atoms with Crippen molar-refractivity contribution in [2.75, 3.05) is 13.7 Å². The first-order valence-corrected chi connectivity index (χ1v) is 5.17. The van der Waals surface area contributed by atoms with Gasteiger partial charge in [0, 0.05) is 0 Å². The Bertz CT molecular complexity index is 433. The van der Waals surface area contributed by atoms with Gasteiger partial charge >= 0.3 is 0 Å². The Morgan fingerprint density at radius 2 is 2.25 bits per heavy atom. The maximum Gasteiger partial charge on any atom is 0.178 e. The molecule has 2 rings (SSSR count). The molecule has 0 aromatic heterocycles. The number of hydrogen-bond donors (Lipinski definition) is 1. The maximum absolute atomic E-state index is 8.97. The number of rotatable bonds is 4. The van der Waals surface area contributed by atoms with E-state index in [-0.39, 0.29) is 5.54 Å². The second-order valence-electron chi connectivity index (χ2n) is 4.10. The number of nitrogens with zero attached hydrogens (tertiary/aromatic N) is 1. The first-order chi connectivity index (χ1) is 7.68. The standard InChI is InChI=1S/C12H14N2O2/c1-15-10-4-2-3-9(7-13)11(10)16-8-12(14)5-6-12/h2-4H,5-6,8,14H2,1H3. The molecule has 0 unspecified atom stereocenters. The summed E-state index contributed by atoms with van der Waals surface area (Å²) < 4.78 is 10.8. The van der Waals surface area contributed by atoms with Gasteiger partial charge in [-0.05, 0) is 25.0 Å². The van der Waals surface area contributed by atoms with Gasteiger partial charge in [0.05, 0.1) is 18.2 Å². The summed E-state index contributed by atoms with van der Waals surface area (Å²) in [6.45, 7) is 0.433. The summed E-state index contributed by atoms with van der Waals surface area (Å²) in [7, 11) is 1.55. The van der Waals surface area contributed by atoms with Crippen molar-refractivity contribution in [2.24, 2.45) is 5.73 Å². The number of methoxy groups -OCH3 is 1. The van der Waals surface area contributed by atoms with E-state index in [0.29, 0.717) is 23.7 Å². The molecule has 84 valence electrons. The minimum absolute atomic E-state index is 0.201. The summed E-state index contributed by atoms with van der Waals surface area (Å²) in [5, 5.41) is 8.97. The van der Waals surface area contributed by atoms with Crippen LogP contribution in [0.2, 0.25) is 0 Å². The molecule has 0 bridgehead atoms. The maximum atomic E-state index is 8.97. The fourth-order valence-corrected chi connectivity index (χ4v) is 1.43. The van der Waals surface area contributed by atoms with Crippen molar-refractivity contribution in [2.45, 2.75) is 18.4 Å². The number of nitrogens with two attached hydrogens (primary N) is 1. The largest absolute Gasteiger partial charge is 0.493 e. The molecule has 1 aliphatic rings. The van der Waals surface area contributed by atoms with E-state index in [1.807, 2.05) is 0 Å². The summed E-state index contributed by atoms with van der Waals surface area (Å²) in [4.78, 5) is 0. The van der Waals surface area contributed by atoms with E-state index in [1.54, 1.807) is 25.3 Å². The highest BCUT2D eigenvalue weighted by Crippen LogP contribution is 2.36. The molecule has 1 aromatic rings. The van der Waals surface area contributed by atoms with Crippen LogP contribution in [0.15, 0.2) is 18.2 Å². The van der Waals surface area contributed by atoms with Gasteiger partial charge in [-0.3, -0.25) is 0 Å². The molecule has 0 saturated heterocycles. The van der Waals surface area contributed by atoms with E-state index in [0.717, 1.165) is 12.8 Å². The van der Waals surface area contributed by atoms with E-state index >= 15 is 0 Å². The average molecular weight is 218 g/mol. The van der Waals surface area contributed by atoms with Gasteiger partial charge in [0.2, 0.25) is 0 Å². The fraction of sp³-hybridized carbons (Fsp3) is 0.417. The Morgan fingerprint density at radius 1 is 1.50 bits per heavy atom. The lowest BCUT2D eigenvalue weighted by atomic mass is 10.2. The first kappa shape index (κ1) is 10.8. The second-order valence-corrected chi connectivity index (χ2v) is 4.10. The summed E-state index contributed by atoms with van der Waals surface area (Å²) in [5.41, 5.74) is 6.20. The minimum Gasteiger partial charge on any atom is -0.493 e. The van der Waals surface area contributed by atoms with Gasteiger partial charge in [0.15, 0.2) is 11.5 Å². The molecule has 0 aliphatic heterocycles. The molecule has 4 heteroatoms. The van der Waals surface area contributed by atoms with Gasteiger partial charge in [-0.25, -0.2) is 0 Å². The molecule has 0 amide bonds. The second kappa shape index (κ2) is 4.03. The van der Waals surface area contributed by atoms with E-state index in [9.17, 15) is 0 Å². The predicted octanol–water partition coefficient (Wildman–Crippen LogP) is 1.44. The highest BCUT2D eigenvalue weighted by atomic mass is 16.5. The Hall–Kier alpha value is -1.73. The monoisotopic (exact) mass is 218 g/mol. The number of nitriles is 1. The summed E-state index contributed by atoms with van der Waals surface area (Å²) in [6.07, 6.45) is 1.95. The molecule has 0 spiro atoms. The zero-order valence-corrected chi connectivity index (χ0v) is 9.19. The van der Waals surface area contributed by atoms with Crippen LogP contribution in [-0.2, 0) is 0 Å². The number of ether oxygens (including phenoxy) is 2. The molecule has 1 fully saturated rings. The van der Waals surface area contributed by atoms with Gasteiger partial charge in [-0.2, -0.15) is 5.26 Å². The average Bonchev–Trinajstić information content (AvgIpc) is 3.04. The Balaban J connectivity index is 2.19. The lowest BCUT2D eigenvalue weighted by Gasteiger charge is -2.14. The van der Waals surface area contributed by atoms with Crippen molar-refractivity contribution in [3.05, 3.63) is 23.8 Å². The highest BCUT2D eigenvalue weighted by molar-refractivity contribution is 5.52. The van der Waals surface area contributed by atoms with E-state index < -0.39 is 0 Å². The van der Waals surface area contributed by atoms with Crippen molar-refractivity contribution in [3.8, 4) is 17.6 Å². The van der Waals surface area contributed by atoms with E-state index in [2.05, 4.69) is 6.07 Å². The molecular weight excluding hydrogens is 204 g/mol. The van der Waals surface area contributed by atoms with Gasteiger partial charge in [0.1, 0.15) is 12.7 Å². The molecule has 2 N–H and O–H groups in total. The zero-order chi connectivity index (χ0) is 11.6. The van der Waals surface area contributed by atoms with Crippen LogP contribution < -0.4 is 15.2 Å². The molecule has 1 saturated carbocycles. The molecular formula is C12H14N2O2. The van der Waals surface area contributed by atoms with Crippen LogP contribution in [0.3, 0.4) is 0 Å². The van der Waals surface area contributed by atoms with Gasteiger partial charge in [-0.1, -0.05) is 6.07 Å². The van der Waals surface area contributed by atoms with Crippen molar-refractivity contribution in [1.82, 2.24) is 0 Å². The van der Waals surface area contributed by atoms with Crippen LogP contribution in [0.25, 0.3) is 0 Å². The molecule has 16 heavy (non-hydrogen) atoms. The van der Waals surface area contributed by atoms with Crippen molar-refractivity contribution in [3.63, 3.8) is 0 Å². The topological polar surface area (TPSA) is 68.3 Å². The van der Waals surface area contributed by atoms with E-state index in [4.69, 9.17) is 20.5 Å². The van der Waals surface area contributed by atoms with Crippen LogP contribution in [0.5, 0.6) is 11.5 Å². The van der Waals surface area contributed by atoms with Crippen molar-refractivity contribution < 1.29 is 9.47 Å². The van der Waals surface area contributed by atoms with Crippen LogP contribution in [0, 0.1) is 11.3 Å². The Kier molecular flexibility index (Phi) is 2.71. The fourth-order valence-electron chi connectivity index (χ4n) is 1.43. The normalized spacial score (nSPS) is 16.3. The molecule has 0 heterocycles. The lowest BCUT2D eigenvalue weighted by Crippen LogP contribution is -2.30. The summed E-state index contributed by atoms with van der Waals surface area (Å²) in [6, 6.07) is 7.32.